The van der Waals surface area contributed by atoms with Gasteiger partial charge in [-0.15, -0.1) is 11.8 Å². The Kier molecular flexibility index (Phi) is 8.05. The Balaban J connectivity index is 2.01. The average molecular weight is 403 g/mol. The Hall–Kier alpha value is -2.34. The van der Waals surface area contributed by atoms with Crippen LogP contribution in [0.1, 0.15) is 31.4 Å². The smallest absolute Gasteiger partial charge is 0.244 e. The summed E-state index contributed by atoms with van der Waals surface area (Å²) in [5.74, 6) is -0.429. The van der Waals surface area contributed by atoms with Crippen molar-refractivity contribution in [1.29, 1.82) is 0 Å². The second kappa shape index (κ2) is 10.3. The summed E-state index contributed by atoms with van der Waals surface area (Å²) in [5, 5.41) is 2.91. The van der Waals surface area contributed by atoms with Crippen molar-refractivity contribution < 1.29 is 14.0 Å². The maximum atomic E-state index is 13.0. The van der Waals surface area contributed by atoms with Crippen molar-refractivity contribution >= 4 is 29.3 Å². The predicted molar refractivity (Wildman–Crippen MR) is 113 cm³/mol. The number of thioether (sulfide) groups is 1. The summed E-state index contributed by atoms with van der Waals surface area (Å²) in [6, 6.07) is 11.7. The molecule has 28 heavy (non-hydrogen) atoms. The molecule has 2 aromatic carbocycles. The number of amides is 2. The highest BCUT2D eigenvalue weighted by Gasteiger charge is 2.22. The van der Waals surface area contributed by atoms with E-state index in [0.717, 1.165) is 28.1 Å². The maximum absolute atomic E-state index is 13.0. The average Bonchev–Trinajstić information content (AvgIpc) is 2.68. The standard InChI is InChI=1S/C22H27FN2O2S/c1-5-16(3)25(22(27)14-28-19-11-9-18(23)10-12-19)13-21(26)24-20-8-6-7-15(2)17(20)4/h6-12,16H,5,13-14H2,1-4H3,(H,24,26)/t16-/m0/s1. The number of benzene rings is 2. The molecular weight excluding hydrogens is 375 g/mol. The summed E-state index contributed by atoms with van der Waals surface area (Å²) >= 11 is 1.34. The summed E-state index contributed by atoms with van der Waals surface area (Å²) < 4.78 is 13.0. The first-order valence-corrected chi connectivity index (χ1v) is 10.3. The van der Waals surface area contributed by atoms with Crippen molar-refractivity contribution in [2.24, 2.45) is 0 Å². The van der Waals surface area contributed by atoms with Gasteiger partial charge in [0.15, 0.2) is 0 Å². The van der Waals surface area contributed by atoms with E-state index in [9.17, 15) is 14.0 Å². The molecule has 0 saturated heterocycles. The minimum atomic E-state index is -0.306. The Morgan fingerprint density at radius 1 is 1.14 bits per heavy atom. The molecule has 4 nitrogen and oxygen atoms in total. The van der Waals surface area contributed by atoms with Crippen LogP contribution in [0.5, 0.6) is 0 Å². The van der Waals surface area contributed by atoms with E-state index >= 15 is 0 Å². The largest absolute Gasteiger partial charge is 0.330 e. The van der Waals surface area contributed by atoms with Crippen LogP contribution in [-0.2, 0) is 9.59 Å². The van der Waals surface area contributed by atoms with Gasteiger partial charge in [0, 0.05) is 16.6 Å². The Bertz CT molecular complexity index is 824. The van der Waals surface area contributed by atoms with Gasteiger partial charge in [-0.05, 0) is 68.7 Å². The first kappa shape index (κ1) is 22.0. The molecule has 1 atom stereocenters. The molecule has 0 aliphatic carbocycles. The quantitative estimate of drug-likeness (QED) is 0.645. The number of carbonyl (C=O) groups excluding carboxylic acids is 2. The van der Waals surface area contributed by atoms with E-state index in [1.807, 2.05) is 45.9 Å². The highest BCUT2D eigenvalue weighted by molar-refractivity contribution is 8.00. The van der Waals surface area contributed by atoms with Crippen molar-refractivity contribution in [3.63, 3.8) is 0 Å². The predicted octanol–water partition coefficient (Wildman–Crippen LogP) is 4.80. The third-order valence-corrected chi connectivity index (χ3v) is 5.81. The Morgan fingerprint density at radius 3 is 2.46 bits per heavy atom. The lowest BCUT2D eigenvalue weighted by molar-refractivity contribution is -0.134. The van der Waals surface area contributed by atoms with Gasteiger partial charge in [-0.25, -0.2) is 4.39 Å². The molecule has 150 valence electrons. The molecule has 2 amide bonds. The normalized spacial score (nSPS) is 11.8. The van der Waals surface area contributed by atoms with Crippen LogP contribution in [0.2, 0.25) is 0 Å². The summed E-state index contributed by atoms with van der Waals surface area (Å²) in [6.45, 7) is 7.88. The van der Waals surface area contributed by atoms with Gasteiger partial charge >= 0.3 is 0 Å². The van der Waals surface area contributed by atoms with Crippen LogP contribution in [0.15, 0.2) is 47.4 Å². The van der Waals surface area contributed by atoms with Crippen LogP contribution in [0, 0.1) is 19.7 Å². The van der Waals surface area contributed by atoms with Crippen molar-refractivity contribution in [2.75, 3.05) is 17.6 Å². The number of hydrogen-bond acceptors (Lipinski definition) is 3. The molecule has 0 radical (unpaired) electrons. The number of rotatable bonds is 8. The van der Waals surface area contributed by atoms with Crippen LogP contribution in [0.25, 0.3) is 0 Å². The van der Waals surface area contributed by atoms with E-state index in [-0.39, 0.29) is 36.0 Å². The number of hydrogen-bond donors (Lipinski definition) is 1. The van der Waals surface area contributed by atoms with Gasteiger partial charge in [0.2, 0.25) is 11.8 Å². The van der Waals surface area contributed by atoms with Crippen LogP contribution >= 0.6 is 11.8 Å². The molecule has 0 heterocycles. The number of nitrogens with zero attached hydrogens (tertiary/aromatic N) is 1. The zero-order valence-corrected chi connectivity index (χ0v) is 17.6. The molecule has 0 aliphatic rings. The van der Waals surface area contributed by atoms with Gasteiger partial charge < -0.3 is 10.2 Å². The maximum Gasteiger partial charge on any atom is 0.244 e. The number of halogens is 1. The minimum Gasteiger partial charge on any atom is -0.330 e. The molecule has 2 aromatic rings. The molecule has 1 N–H and O–H groups in total. The molecule has 0 spiro atoms. The van der Waals surface area contributed by atoms with Gasteiger partial charge in [0.1, 0.15) is 12.4 Å². The van der Waals surface area contributed by atoms with Crippen molar-refractivity contribution in [3.05, 3.63) is 59.4 Å². The molecule has 0 unspecified atom stereocenters. The third kappa shape index (κ3) is 6.09. The third-order valence-electron chi connectivity index (χ3n) is 4.81. The van der Waals surface area contributed by atoms with Crippen LogP contribution < -0.4 is 5.32 Å². The monoisotopic (exact) mass is 402 g/mol. The van der Waals surface area contributed by atoms with Crippen molar-refractivity contribution in [1.82, 2.24) is 4.90 Å². The summed E-state index contributed by atoms with van der Waals surface area (Å²) in [5.41, 5.74) is 2.88. The molecular formula is C22H27FN2O2S. The molecule has 0 aromatic heterocycles. The van der Waals surface area contributed by atoms with E-state index in [2.05, 4.69) is 5.32 Å². The number of carbonyl (C=O) groups is 2. The topological polar surface area (TPSA) is 49.4 Å². The van der Waals surface area contributed by atoms with Gasteiger partial charge in [0.25, 0.3) is 0 Å². The van der Waals surface area contributed by atoms with Crippen LogP contribution in [0.3, 0.4) is 0 Å². The molecule has 0 bridgehead atoms. The van der Waals surface area contributed by atoms with Crippen molar-refractivity contribution in [2.45, 2.75) is 45.1 Å². The molecule has 0 aliphatic heterocycles. The van der Waals surface area contributed by atoms with Gasteiger partial charge in [-0.2, -0.15) is 0 Å². The summed E-state index contributed by atoms with van der Waals surface area (Å²) in [6.07, 6.45) is 0.754. The first-order chi connectivity index (χ1) is 13.3. The Morgan fingerprint density at radius 2 is 1.82 bits per heavy atom. The highest BCUT2D eigenvalue weighted by Crippen LogP contribution is 2.20. The van der Waals surface area contributed by atoms with Gasteiger partial charge in [-0.3, -0.25) is 9.59 Å². The van der Waals surface area contributed by atoms with Gasteiger partial charge in [-0.1, -0.05) is 19.1 Å². The van der Waals surface area contributed by atoms with E-state index in [1.54, 1.807) is 17.0 Å². The zero-order valence-electron chi connectivity index (χ0n) is 16.8. The van der Waals surface area contributed by atoms with E-state index < -0.39 is 0 Å². The second-order valence-electron chi connectivity index (χ2n) is 6.82. The van der Waals surface area contributed by atoms with Gasteiger partial charge in [0.05, 0.1) is 5.75 Å². The first-order valence-electron chi connectivity index (χ1n) is 9.35. The number of nitrogens with one attached hydrogen (secondary N) is 1. The molecule has 2 rings (SSSR count). The highest BCUT2D eigenvalue weighted by atomic mass is 32.2. The summed E-state index contributed by atoms with van der Waals surface area (Å²) in [7, 11) is 0. The SMILES string of the molecule is CC[C@H](C)N(CC(=O)Nc1cccc(C)c1C)C(=O)CSc1ccc(F)cc1. The lowest BCUT2D eigenvalue weighted by Gasteiger charge is -2.28. The van der Waals surface area contributed by atoms with Crippen LogP contribution in [0.4, 0.5) is 10.1 Å². The van der Waals surface area contributed by atoms with E-state index in [4.69, 9.17) is 0 Å². The van der Waals surface area contributed by atoms with E-state index in [1.165, 1.54) is 23.9 Å². The Labute approximate surface area is 170 Å². The molecule has 0 fully saturated rings. The molecule has 6 heteroatoms. The fourth-order valence-electron chi connectivity index (χ4n) is 2.70. The lowest BCUT2D eigenvalue weighted by Crippen LogP contribution is -2.44. The lowest BCUT2D eigenvalue weighted by atomic mass is 10.1. The fourth-order valence-corrected chi connectivity index (χ4v) is 3.48. The number of aryl methyl sites for hydroxylation is 1. The van der Waals surface area contributed by atoms with E-state index in [0.29, 0.717) is 0 Å². The minimum absolute atomic E-state index is 0.00516. The summed E-state index contributed by atoms with van der Waals surface area (Å²) in [4.78, 5) is 27.7. The van der Waals surface area contributed by atoms with Crippen LogP contribution in [-0.4, -0.2) is 35.1 Å². The zero-order chi connectivity index (χ0) is 20.7. The second-order valence-corrected chi connectivity index (χ2v) is 7.87. The molecule has 0 saturated carbocycles. The fraction of sp³-hybridized carbons (Fsp3) is 0.364. The van der Waals surface area contributed by atoms with Crippen molar-refractivity contribution in [3.8, 4) is 0 Å². The number of anilines is 1.